The summed E-state index contributed by atoms with van der Waals surface area (Å²) in [5.74, 6) is -4.57. The number of halogens is 6. The van der Waals surface area contributed by atoms with Gasteiger partial charge in [-0.3, -0.25) is 14.2 Å². The van der Waals surface area contributed by atoms with Crippen molar-refractivity contribution >= 4 is 45.0 Å². The van der Waals surface area contributed by atoms with Crippen molar-refractivity contribution in [3.63, 3.8) is 0 Å². The molecule has 1 aliphatic rings. The molecule has 1 aliphatic heterocycles. The van der Waals surface area contributed by atoms with Crippen LogP contribution in [0.4, 0.5) is 38.1 Å². The second-order valence-corrected chi connectivity index (χ2v) is 11.1. The first-order valence-corrected chi connectivity index (χ1v) is 14.2. The van der Waals surface area contributed by atoms with E-state index >= 15 is 0 Å². The van der Waals surface area contributed by atoms with Crippen molar-refractivity contribution in [2.45, 2.75) is 19.1 Å². The highest BCUT2D eigenvalue weighted by Gasteiger charge is 2.29. The quantitative estimate of drug-likeness (QED) is 0.234. The average molecular weight is 628 g/mol. The Balaban J connectivity index is 1.64. The van der Waals surface area contributed by atoms with E-state index in [-0.39, 0.29) is 17.8 Å². The van der Waals surface area contributed by atoms with Crippen LogP contribution in [-0.4, -0.2) is 81.0 Å². The van der Waals surface area contributed by atoms with Crippen LogP contribution in [0.15, 0.2) is 30.3 Å². The SMILES string of the molecule is O=C(NCCS(=O)(=O)O)NCc1ccc(C(=O)Nc2ccc(Cl)cc2N2CCN(CCC(F)(F)F)CC2)c(F)c1F. The second kappa shape index (κ2) is 13.6. The van der Waals surface area contributed by atoms with E-state index in [0.29, 0.717) is 36.9 Å². The summed E-state index contributed by atoms with van der Waals surface area (Å²) >= 11 is 6.12. The third-order valence-electron chi connectivity index (χ3n) is 6.12. The predicted octanol–water partition coefficient (Wildman–Crippen LogP) is 3.63. The summed E-state index contributed by atoms with van der Waals surface area (Å²) < 4.78 is 97.1. The highest BCUT2D eigenvalue weighted by Crippen LogP contribution is 2.31. The molecule has 3 amide bonds. The summed E-state index contributed by atoms with van der Waals surface area (Å²) in [4.78, 5) is 28.1. The van der Waals surface area contributed by atoms with Gasteiger partial charge < -0.3 is 20.9 Å². The largest absolute Gasteiger partial charge is 0.390 e. The lowest BCUT2D eigenvalue weighted by Crippen LogP contribution is -2.47. The number of hydrogen-bond donors (Lipinski definition) is 4. The van der Waals surface area contributed by atoms with Crippen LogP contribution in [0.5, 0.6) is 0 Å². The summed E-state index contributed by atoms with van der Waals surface area (Å²) in [5, 5.41) is 7.17. The highest BCUT2D eigenvalue weighted by atomic mass is 35.5. The van der Waals surface area contributed by atoms with Crippen LogP contribution in [0.25, 0.3) is 0 Å². The van der Waals surface area contributed by atoms with Gasteiger partial charge in [-0.15, -0.1) is 0 Å². The zero-order valence-electron chi connectivity index (χ0n) is 21.4. The van der Waals surface area contributed by atoms with Gasteiger partial charge in [-0.2, -0.15) is 21.6 Å². The van der Waals surface area contributed by atoms with Gasteiger partial charge in [0.1, 0.15) is 0 Å². The molecule has 1 fully saturated rings. The summed E-state index contributed by atoms with van der Waals surface area (Å²) in [6.07, 6.45) is -5.18. The summed E-state index contributed by atoms with van der Waals surface area (Å²) in [6.45, 7) is 0.323. The van der Waals surface area contributed by atoms with Gasteiger partial charge in [0.05, 0.1) is 29.1 Å². The number of urea groups is 1. The number of nitrogens with zero attached hydrogens (tertiary/aromatic N) is 2. The molecule has 0 bridgehead atoms. The number of piperazine rings is 1. The molecule has 0 saturated carbocycles. The number of rotatable bonds is 10. The van der Waals surface area contributed by atoms with Crippen LogP contribution >= 0.6 is 11.6 Å². The molecule has 3 rings (SSSR count). The van der Waals surface area contributed by atoms with Gasteiger partial charge >= 0.3 is 12.2 Å². The Kier molecular flexibility index (Phi) is 10.7. The Labute approximate surface area is 237 Å². The first-order valence-electron chi connectivity index (χ1n) is 12.2. The third kappa shape index (κ3) is 9.98. The molecule has 0 aliphatic carbocycles. The minimum absolute atomic E-state index is 0.133. The van der Waals surface area contributed by atoms with E-state index < -0.39 is 70.7 Å². The minimum Gasteiger partial charge on any atom is -0.367 e. The molecule has 10 nitrogen and oxygen atoms in total. The van der Waals surface area contributed by atoms with Crippen LogP contribution < -0.4 is 20.9 Å². The first-order chi connectivity index (χ1) is 19.1. The molecule has 226 valence electrons. The molecule has 4 N–H and O–H groups in total. The summed E-state index contributed by atoms with van der Waals surface area (Å²) in [5.41, 5.74) is -0.223. The van der Waals surface area contributed by atoms with Gasteiger partial charge in [-0.1, -0.05) is 17.7 Å². The predicted molar refractivity (Wildman–Crippen MR) is 142 cm³/mol. The van der Waals surface area contributed by atoms with Crippen molar-refractivity contribution in [1.82, 2.24) is 15.5 Å². The van der Waals surface area contributed by atoms with Gasteiger partial charge in [0.2, 0.25) is 0 Å². The molecular weight excluding hydrogens is 601 g/mol. The first kappa shape index (κ1) is 32.3. The third-order valence-corrected chi connectivity index (χ3v) is 7.08. The summed E-state index contributed by atoms with van der Waals surface area (Å²) in [6, 6.07) is 5.72. The number of amides is 3. The smallest absolute Gasteiger partial charge is 0.367 e. The molecule has 0 radical (unpaired) electrons. The molecule has 2 aromatic rings. The van der Waals surface area contributed by atoms with Crippen molar-refractivity contribution < 1.29 is 44.5 Å². The number of carbonyl (C=O) groups excluding carboxylic acids is 2. The van der Waals surface area contributed by atoms with Crippen LogP contribution in [0, 0.1) is 11.6 Å². The zero-order valence-corrected chi connectivity index (χ0v) is 23.0. The molecular formula is C24H27ClF5N5O5S. The fourth-order valence-electron chi connectivity index (χ4n) is 3.99. The monoisotopic (exact) mass is 627 g/mol. The van der Waals surface area contributed by atoms with Crippen LogP contribution in [-0.2, 0) is 16.7 Å². The fourth-order valence-corrected chi connectivity index (χ4v) is 4.52. The lowest BCUT2D eigenvalue weighted by Gasteiger charge is -2.37. The van der Waals surface area contributed by atoms with Crippen molar-refractivity contribution in [2.75, 3.05) is 55.2 Å². The Morgan fingerprint density at radius 2 is 1.68 bits per heavy atom. The molecule has 0 spiro atoms. The van der Waals surface area contributed by atoms with Crippen molar-refractivity contribution in [1.29, 1.82) is 0 Å². The molecule has 0 atom stereocenters. The fraction of sp³-hybridized carbons (Fsp3) is 0.417. The molecule has 2 aromatic carbocycles. The number of benzene rings is 2. The lowest BCUT2D eigenvalue weighted by atomic mass is 10.1. The van der Waals surface area contributed by atoms with Gasteiger partial charge in [-0.05, 0) is 24.3 Å². The minimum atomic E-state index is -4.29. The van der Waals surface area contributed by atoms with Crippen LogP contribution in [0.1, 0.15) is 22.3 Å². The van der Waals surface area contributed by atoms with E-state index in [1.165, 1.54) is 12.1 Å². The Morgan fingerprint density at radius 3 is 2.32 bits per heavy atom. The van der Waals surface area contributed by atoms with Crippen molar-refractivity contribution in [3.8, 4) is 0 Å². The van der Waals surface area contributed by atoms with Crippen LogP contribution in [0.3, 0.4) is 0 Å². The van der Waals surface area contributed by atoms with E-state index in [2.05, 4.69) is 16.0 Å². The standard InChI is InChI=1S/C24H27ClF5N5O5S/c25-16-2-4-18(19(13-16)35-10-8-34(9-11-35)7-5-24(28,29)30)33-22(36)17-3-1-15(20(26)21(17)27)14-32-23(37)31-6-12-41(38,39)40/h1-4,13H,5-12,14H2,(H,33,36)(H2,31,32,37)(H,38,39,40). The highest BCUT2D eigenvalue weighted by molar-refractivity contribution is 7.85. The maximum Gasteiger partial charge on any atom is 0.390 e. The molecule has 17 heteroatoms. The topological polar surface area (TPSA) is 131 Å². The number of nitrogens with one attached hydrogen (secondary N) is 3. The van der Waals surface area contributed by atoms with Gasteiger partial charge in [0, 0.05) is 56.4 Å². The maximum absolute atomic E-state index is 14.8. The lowest BCUT2D eigenvalue weighted by molar-refractivity contribution is -0.138. The Hall–Kier alpha value is -3.21. The molecule has 0 unspecified atom stereocenters. The zero-order chi connectivity index (χ0) is 30.4. The second-order valence-electron chi connectivity index (χ2n) is 9.11. The summed E-state index contributed by atoms with van der Waals surface area (Å²) in [7, 11) is -4.29. The molecule has 0 aromatic heterocycles. The van der Waals surface area contributed by atoms with Gasteiger partial charge in [0.25, 0.3) is 16.0 Å². The van der Waals surface area contributed by atoms with E-state index in [1.54, 1.807) is 11.0 Å². The van der Waals surface area contributed by atoms with Gasteiger partial charge in [-0.25, -0.2) is 13.6 Å². The molecule has 41 heavy (non-hydrogen) atoms. The Morgan fingerprint density at radius 1 is 1.00 bits per heavy atom. The van der Waals surface area contributed by atoms with Crippen molar-refractivity contribution in [2.24, 2.45) is 0 Å². The van der Waals surface area contributed by atoms with E-state index in [0.717, 1.165) is 12.1 Å². The van der Waals surface area contributed by atoms with E-state index in [9.17, 15) is 40.0 Å². The molecule has 1 saturated heterocycles. The number of carbonyl (C=O) groups is 2. The average Bonchev–Trinajstić information content (AvgIpc) is 2.88. The van der Waals surface area contributed by atoms with Gasteiger partial charge in [0.15, 0.2) is 11.6 Å². The van der Waals surface area contributed by atoms with E-state index in [1.807, 2.05) is 4.90 Å². The number of anilines is 2. The van der Waals surface area contributed by atoms with Crippen LogP contribution in [0.2, 0.25) is 5.02 Å². The number of alkyl halides is 3. The maximum atomic E-state index is 14.8. The Bertz CT molecular complexity index is 1370. The normalized spacial score (nSPS) is 14.6. The number of hydrogen-bond acceptors (Lipinski definition) is 6. The van der Waals surface area contributed by atoms with E-state index in [4.69, 9.17) is 16.2 Å². The molecule has 1 heterocycles. The van der Waals surface area contributed by atoms with Crippen molar-refractivity contribution in [3.05, 3.63) is 58.1 Å².